The van der Waals surface area contributed by atoms with Crippen molar-refractivity contribution in [1.29, 1.82) is 0 Å². The van der Waals surface area contributed by atoms with Gasteiger partial charge in [-0.25, -0.2) is 0 Å². The molecule has 4 nitrogen and oxygen atoms in total. The standard InChI is InChI=1S/C15H23N3O/c1-2-16-15(19)10-12-5-7-13(8-6-12)18-11-14-4-3-9-17-14/h5-8,14,17-18H,2-4,9-11H2,1H3,(H,16,19). The van der Waals surface area contributed by atoms with Crippen LogP contribution < -0.4 is 16.0 Å². The third-order valence-corrected chi connectivity index (χ3v) is 3.41. The second-order valence-electron chi connectivity index (χ2n) is 5.00. The first-order valence-corrected chi connectivity index (χ1v) is 7.11. The third-order valence-electron chi connectivity index (χ3n) is 3.41. The van der Waals surface area contributed by atoms with Crippen molar-refractivity contribution in [2.75, 3.05) is 25.0 Å². The zero-order valence-electron chi connectivity index (χ0n) is 11.5. The van der Waals surface area contributed by atoms with Crippen LogP contribution in [0.25, 0.3) is 0 Å². The topological polar surface area (TPSA) is 53.2 Å². The molecule has 0 aliphatic carbocycles. The average Bonchev–Trinajstić information content (AvgIpc) is 2.91. The van der Waals surface area contributed by atoms with Crippen molar-refractivity contribution in [2.45, 2.75) is 32.2 Å². The molecule has 1 heterocycles. The normalized spacial score (nSPS) is 18.3. The molecular formula is C15H23N3O. The fraction of sp³-hybridized carbons (Fsp3) is 0.533. The summed E-state index contributed by atoms with van der Waals surface area (Å²) in [6, 6.07) is 8.71. The maximum atomic E-state index is 11.5. The second kappa shape index (κ2) is 7.14. The van der Waals surface area contributed by atoms with E-state index in [0.29, 0.717) is 19.0 Å². The molecule has 0 aromatic heterocycles. The Labute approximate surface area is 115 Å². The lowest BCUT2D eigenvalue weighted by Gasteiger charge is -2.12. The van der Waals surface area contributed by atoms with Crippen molar-refractivity contribution < 1.29 is 4.79 Å². The van der Waals surface area contributed by atoms with Gasteiger partial charge in [-0.1, -0.05) is 12.1 Å². The van der Waals surface area contributed by atoms with Crippen LogP contribution in [0.4, 0.5) is 5.69 Å². The van der Waals surface area contributed by atoms with Crippen LogP contribution in [-0.4, -0.2) is 31.6 Å². The van der Waals surface area contributed by atoms with E-state index in [4.69, 9.17) is 0 Å². The first kappa shape index (κ1) is 13.9. The highest BCUT2D eigenvalue weighted by atomic mass is 16.1. The zero-order chi connectivity index (χ0) is 13.5. The predicted molar refractivity (Wildman–Crippen MR) is 78.3 cm³/mol. The molecule has 0 saturated carbocycles. The number of nitrogens with one attached hydrogen (secondary N) is 3. The molecule has 1 aliphatic heterocycles. The van der Waals surface area contributed by atoms with Gasteiger partial charge in [0.2, 0.25) is 5.91 Å². The molecular weight excluding hydrogens is 238 g/mol. The number of anilines is 1. The van der Waals surface area contributed by atoms with Crippen LogP contribution in [0.15, 0.2) is 24.3 Å². The summed E-state index contributed by atoms with van der Waals surface area (Å²) < 4.78 is 0. The van der Waals surface area contributed by atoms with Crippen LogP contribution >= 0.6 is 0 Å². The number of likely N-dealkylation sites (N-methyl/N-ethyl adjacent to an activating group) is 1. The smallest absolute Gasteiger partial charge is 0.224 e. The molecule has 0 spiro atoms. The van der Waals surface area contributed by atoms with E-state index in [0.717, 1.165) is 24.3 Å². The molecule has 3 N–H and O–H groups in total. The quantitative estimate of drug-likeness (QED) is 0.728. The minimum Gasteiger partial charge on any atom is -0.383 e. The van der Waals surface area contributed by atoms with Gasteiger partial charge in [0.05, 0.1) is 6.42 Å². The van der Waals surface area contributed by atoms with Gasteiger partial charge in [0.25, 0.3) is 0 Å². The van der Waals surface area contributed by atoms with E-state index < -0.39 is 0 Å². The Hall–Kier alpha value is -1.55. The van der Waals surface area contributed by atoms with E-state index in [2.05, 4.69) is 16.0 Å². The number of amides is 1. The SMILES string of the molecule is CCNC(=O)Cc1ccc(NCC2CCCN2)cc1. The summed E-state index contributed by atoms with van der Waals surface area (Å²) in [6.45, 7) is 4.72. The van der Waals surface area contributed by atoms with Gasteiger partial charge in [-0.05, 0) is 44.0 Å². The van der Waals surface area contributed by atoms with Crippen LogP contribution in [0.3, 0.4) is 0 Å². The van der Waals surface area contributed by atoms with Gasteiger partial charge in [0, 0.05) is 24.8 Å². The largest absolute Gasteiger partial charge is 0.383 e. The Bertz CT molecular complexity index is 396. The molecule has 104 valence electrons. The Morgan fingerprint density at radius 1 is 1.37 bits per heavy atom. The molecule has 1 atom stereocenters. The first-order chi connectivity index (χ1) is 9.28. The predicted octanol–water partition coefficient (Wildman–Crippen LogP) is 1.53. The van der Waals surface area contributed by atoms with E-state index in [9.17, 15) is 4.79 Å². The van der Waals surface area contributed by atoms with Crippen molar-refractivity contribution in [1.82, 2.24) is 10.6 Å². The highest BCUT2D eigenvalue weighted by Gasteiger charge is 2.12. The summed E-state index contributed by atoms with van der Waals surface area (Å²) in [5, 5.41) is 9.70. The Morgan fingerprint density at radius 3 is 2.79 bits per heavy atom. The molecule has 1 amide bonds. The molecule has 1 saturated heterocycles. The molecule has 1 aliphatic rings. The monoisotopic (exact) mass is 261 g/mol. The summed E-state index contributed by atoms with van der Waals surface area (Å²) in [5.41, 5.74) is 2.17. The van der Waals surface area contributed by atoms with Gasteiger partial charge in [-0.2, -0.15) is 0 Å². The van der Waals surface area contributed by atoms with Crippen molar-refractivity contribution >= 4 is 11.6 Å². The maximum Gasteiger partial charge on any atom is 0.224 e. The number of rotatable bonds is 6. The van der Waals surface area contributed by atoms with E-state index in [-0.39, 0.29) is 5.91 Å². The molecule has 0 radical (unpaired) electrons. The molecule has 0 bridgehead atoms. The van der Waals surface area contributed by atoms with Crippen molar-refractivity contribution in [3.8, 4) is 0 Å². The molecule has 19 heavy (non-hydrogen) atoms. The number of hydrogen-bond acceptors (Lipinski definition) is 3. The third kappa shape index (κ3) is 4.56. The van der Waals surface area contributed by atoms with Crippen molar-refractivity contribution in [3.63, 3.8) is 0 Å². The van der Waals surface area contributed by atoms with Crippen LogP contribution in [0.1, 0.15) is 25.3 Å². The molecule has 1 fully saturated rings. The molecule has 2 rings (SSSR count). The van der Waals surface area contributed by atoms with E-state index in [1.807, 2.05) is 31.2 Å². The Morgan fingerprint density at radius 2 is 2.16 bits per heavy atom. The van der Waals surface area contributed by atoms with Gasteiger partial charge in [-0.3, -0.25) is 4.79 Å². The van der Waals surface area contributed by atoms with Crippen LogP contribution in [-0.2, 0) is 11.2 Å². The Balaban J connectivity index is 1.78. The summed E-state index contributed by atoms with van der Waals surface area (Å²) in [7, 11) is 0. The molecule has 1 unspecified atom stereocenters. The lowest BCUT2D eigenvalue weighted by atomic mass is 10.1. The summed E-state index contributed by atoms with van der Waals surface area (Å²) >= 11 is 0. The average molecular weight is 261 g/mol. The minimum atomic E-state index is 0.0818. The van der Waals surface area contributed by atoms with Crippen molar-refractivity contribution in [3.05, 3.63) is 29.8 Å². The molecule has 1 aromatic rings. The van der Waals surface area contributed by atoms with Gasteiger partial charge in [-0.15, -0.1) is 0 Å². The number of carbonyl (C=O) groups excluding carboxylic acids is 1. The van der Waals surface area contributed by atoms with E-state index >= 15 is 0 Å². The van der Waals surface area contributed by atoms with Crippen LogP contribution in [0.5, 0.6) is 0 Å². The lowest BCUT2D eigenvalue weighted by molar-refractivity contribution is -0.120. The number of carbonyl (C=O) groups is 1. The summed E-state index contributed by atoms with van der Waals surface area (Å²) in [6.07, 6.45) is 2.98. The van der Waals surface area contributed by atoms with Gasteiger partial charge < -0.3 is 16.0 Å². The fourth-order valence-electron chi connectivity index (χ4n) is 2.36. The number of benzene rings is 1. The zero-order valence-corrected chi connectivity index (χ0v) is 11.5. The van der Waals surface area contributed by atoms with Crippen molar-refractivity contribution in [2.24, 2.45) is 0 Å². The first-order valence-electron chi connectivity index (χ1n) is 7.11. The highest BCUT2D eigenvalue weighted by Crippen LogP contribution is 2.12. The number of hydrogen-bond donors (Lipinski definition) is 3. The van der Waals surface area contributed by atoms with Crippen LogP contribution in [0.2, 0.25) is 0 Å². The summed E-state index contributed by atoms with van der Waals surface area (Å²) in [4.78, 5) is 11.5. The second-order valence-corrected chi connectivity index (χ2v) is 5.00. The maximum absolute atomic E-state index is 11.5. The highest BCUT2D eigenvalue weighted by molar-refractivity contribution is 5.78. The molecule has 1 aromatic carbocycles. The summed E-state index contributed by atoms with van der Waals surface area (Å²) in [5.74, 6) is 0.0818. The van der Waals surface area contributed by atoms with Crippen LogP contribution in [0, 0.1) is 0 Å². The lowest BCUT2D eigenvalue weighted by Crippen LogP contribution is -2.29. The van der Waals surface area contributed by atoms with Gasteiger partial charge >= 0.3 is 0 Å². The minimum absolute atomic E-state index is 0.0818. The fourth-order valence-corrected chi connectivity index (χ4v) is 2.36. The van der Waals surface area contributed by atoms with E-state index in [1.165, 1.54) is 12.8 Å². The van der Waals surface area contributed by atoms with Gasteiger partial charge in [0.1, 0.15) is 0 Å². The molecule has 4 heteroatoms. The van der Waals surface area contributed by atoms with Gasteiger partial charge in [0.15, 0.2) is 0 Å². The Kier molecular flexibility index (Phi) is 5.21. The van der Waals surface area contributed by atoms with E-state index in [1.54, 1.807) is 0 Å².